The molecule has 1 aromatic heterocycles. The zero-order valence-corrected chi connectivity index (χ0v) is 27.8. The Morgan fingerprint density at radius 3 is 2.49 bits per heavy atom. The first-order valence-electron chi connectivity index (χ1n) is 17.2. The molecule has 5 heterocycles. The second kappa shape index (κ2) is 13.2. The van der Waals surface area contributed by atoms with Gasteiger partial charge in [-0.2, -0.15) is 0 Å². The zero-order valence-electron chi connectivity index (χ0n) is 27.8. The molecule has 10 nitrogen and oxygen atoms in total. The minimum absolute atomic E-state index is 0.0498. The Labute approximate surface area is 277 Å². The lowest BCUT2D eigenvalue weighted by atomic mass is 9.85. The summed E-state index contributed by atoms with van der Waals surface area (Å²) < 4.78 is 23.5. The SMILES string of the molecule is C=C(OC1CCOC1)N1CCC(NC(=O)C(c2cccnc2)N(C(=O)[C@H]2C3CO[C@H]4OCC2C4C3)c2ccc(C(C)(C)C)cc2)CC1. The summed E-state index contributed by atoms with van der Waals surface area (Å²) >= 11 is 0. The monoisotopic (exact) mass is 644 g/mol. The number of anilines is 1. The number of hydrogen-bond donors (Lipinski definition) is 1. The lowest BCUT2D eigenvalue weighted by Crippen LogP contribution is -2.52. The van der Waals surface area contributed by atoms with Crippen LogP contribution in [0.1, 0.15) is 63.6 Å². The first-order valence-corrected chi connectivity index (χ1v) is 17.2. The van der Waals surface area contributed by atoms with E-state index in [0.29, 0.717) is 37.0 Å². The number of aromatic nitrogens is 1. The average molecular weight is 645 g/mol. The molecule has 2 amide bonds. The molecule has 47 heavy (non-hydrogen) atoms. The van der Waals surface area contributed by atoms with E-state index in [1.54, 1.807) is 17.3 Å². The van der Waals surface area contributed by atoms with Crippen molar-refractivity contribution in [3.05, 3.63) is 72.4 Å². The van der Waals surface area contributed by atoms with Crippen LogP contribution in [0, 0.1) is 23.7 Å². The van der Waals surface area contributed by atoms with Gasteiger partial charge < -0.3 is 29.2 Å². The quantitative estimate of drug-likeness (QED) is 0.397. The molecule has 7 rings (SSSR count). The van der Waals surface area contributed by atoms with Crippen LogP contribution in [-0.2, 0) is 34.0 Å². The first-order chi connectivity index (χ1) is 22.7. The van der Waals surface area contributed by atoms with Crippen LogP contribution in [0.5, 0.6) is 0 Å². The van der Waals surface area contributed by atoms with Gasteiger partial charge in [-0.05, 0) is 60.9 Å². The highest BCUT2D eigenvalue weighted by Crippen LogP contribution is 2.53. The molecule has 1 aromatic carbocycles. The molecule has 0 radical (unpaired) electrons. The van der Waals surface area contributed by atoms with Gasteiger partial charge in [0.05, 0.1) is 26.4 Å². The molecule has 252 valence electrons. The molecule has 4 aliphatic heterocycles. The van der Waals surface area contributed by atoms with Gasteiger partial charge in [0.25, 0.3) is 0 Å². The largest absolute Gasteiger partial charge is 0.474 e. The minimum atomic E-state index is -0.894. The Morgan fingerprint density at radius 2 is 1.81 bits per heavy atom. The van der Waals surface area contributed by atoms with Crippen molar-refractivity contribution in [2.75, 3.05) is 44.4 Å². The third-order valence-electron chi connectivity index (χ3n) is 10.8. The van der Waals surface area contributed by atoms with Crippen molar-refractivity contribution in [2.24, 2.45) is 23.7 Å². The molecule has 5 aliphatic rings. The van der Waals surface area contributed by atoms with Crippen molar-refractivity contribution < 1.29 is 28.5 Å². The molecule has 2 aromatic rings. The van der Waals surface area contributed by atoms with E-state index in [1.807, 2.05) is 24.3 Å². The van der Waals surface area contributed by atoms with Crippen LogP contribution in [0.25, 0.3) is 0 Å². The predicted octanol–water partition coefficient (Wildman–Crippen LogP) is 4.57. The van der Waals surface area contributed by atoms with E-state index in [1.165, 1.54) is 0 Å². The molecule has 10 heteroatoms. The van der Waals surface area contributed by atoms with Gasteiger partial charge in [-0.25, -0.2) is 0 Å². The molecule has 1 aliphatic carbocycles. The molecule has 0 spiro atoms. The van der Waals surface area contributed by atoms with E-state index in [-0.39, 0.29) is 59.3 Å². The van der Waals surface area contributed by atoms with Crippen LogP contribution < -0.4 is 10.2 Å². The number of nitrogens with zero attached hydrogens (tertiary/aromatic N) is 3. The summed E-state index contributed by atoms with van der Waals surface area (Å²) in [5.74, 6) is 0.499. The van der Waals surface area contributed by atoms with Crippen molar-refractivity contribution in [2.45, 2.75) is 76.3 Å². The highest BCUT2D eigenvalue weighted by Gasteiger charge is 2.58. The van der Waals surface area contributed by atoms with Crippen LogP contribution in [0.15, 0.2) is 61.3 Å². The number of carbonyl (C=O) groups excluding carboxylic acids is 2. The van der Waals surface area contributed by atoms with Gasteiger partial charge in [-0.1, -0.05) is 39.0 Å². The molecule has 7 atom stereocenters. The van der Waals surface area contributed by atoms with Gasteiger partial charge in [0.15, 0.2) is 12.2 Å². The summed E-state index contributed by atoms with van der Waals surface area (Å²) in [5.41, 5.74) is 2.48. The maximum Gasteiger partial charge on any atom is 0.248 e. The Morgan fingerprint density at radius 1 is 1.04 bits per heavy atom. The third-order valence-corrected chi connectivity index (χ3v) is 10.8. The summed E-state index contributed by atoms with van der Waals surface area (Å²) in [6.07, 6.45) is 6.49. The second-order valence-electron chi connectivity index (χ2n) is 14.8. The summed E-state index contributed by atoms with van der Waals surface area (Å²) in [6, 6.07) is 10.9. The molecule has 5 unspecified atom stereocenters. The van der Waals surface area contributed by atoms with Crippen LogP contribution >= 0.6 is 0 Å². The first kappa shape index (κ1) is 32.1. The van der Waals surface area contributed by atoms with Gasteiger partial charge in [-0.3, -0.25) is 19.5 Å². The van der Waals surface area contributed by atoms with Crippen LogP contribution in [0.4, 0.5) is 5.69 Å². The lowest BCUT2D eigenvalue weighted by molar-refractivity contribution is -0.167. The number of likely N-dealkylation sites (tertiary alicyclic amines) is 1. The third kappa shape index (κ3) is 6.52. The Balaban J connectivity index is 1.16. The maximum atomic E-state index is 15.0. The second-order valence-corrected chi connectivity index (χ2v) is 14.8. The van der Waals surface area contributed by atoms with Gasteiger partial charge in [0, 0.05) is 67.0 Å². The fourth-order valence-corrected chi connectivity index (χ4v) is 8.17. The topological polar surface area (TPSA) is 102 Å². The lowest BCUT2D eigenvalue weighted by Gasteiger charge is -2.38. The van der Waals surface area contributed by atoms with Crippen molar-refractivity contribution in [1.82, 2.24) is 15.2 Å². The molecule has 1 N–H and O–H groups in total. The fraction of sp³-hybridized carbons (Fsp3) is 0.595. The van der Waals surface area contributed by atoms with Crippen molar-refractivity contribution >= 4 is 17.5 Å². The van der Waals surface area contributed by atoms with Crippen molar-refractivity contribution in [3.63, 3.8) is 0 Å². The molecular weight excluding hydrogens is 596 g/mol. The molecular formula is C37H48N4O6. The zero-order chi connectivity index (χ0) is 32.7. The van der Waals surface area contributed by atoms with E-state index < -0.39 is 6.04 Å². The van der Waals surface area contributed by atoms with E-state index in [4.69, 9.17) is 18.9 Å². The molecule has 1 saturated carbocycles. The van der Waals surface area contributed by atoms with Gasteiger partial charge in [0.2, 0.25) is 11.8 Å². The number of carbonyl (C=O) groups is 2. The highest BCUT2D eigenvalue weighted by atomic mass is 16.7. The highest BCUT2D eigenvalue weighted by molar-refractivity contribution is 6.02. The fourth-order valence-electron chi connectivity index (χ4n) is 8.17. The summed E-state index contributed by atoms with van der Waals surface area (Å²) in [6.45, 7) is 14.4. The number of piperidine rings is 1. The summed E-state index contributed by atoms with van der Waals surface area (Å²) in [5, 5.41) is 3.33. The van der Waals surface area contributed by atoms with Crippen LogP contribution in [0.3, 0.4) is 0 Å². The number of rotatable bonds is 9. The van der Waals surface area contributed by atoms with Crippen LogP contribution in [-0.4, -0.2) is 79.7 Å². The Hall–Kier alpha value is -3.47. The molecule has 5 fully saturated rings. The number of hydrogen-bond acceptors (Lipinski definition) is 8. The maximum absolute atomic E-state index is 15.0. The Kier molecular flexibility index (Phi) is 9.02. The number of ether oxygens (including phenoxy) is 4. The van der Waals surface area contributed by atoms with E-state index >= 15 is 4.79 Å². The normalized spacial score (nSPS) is 29.4. The standard InChI is InChI=1S/C37H48N4O6/c1-23(47-29-13-17-44-21-29)40-15-11-27(12-16-40)39-34(42)33(24-6-5-14-38-19-24)41(28-9-7-26(8-10-28)37(2,3)4)35(43)32-25-18-30-31(32)22-46-36(30)45-20-25/h5-10,14,19,25,27,29-33,36H,1,11-13,15-18,20-22H2,2-4H3,(H,39,42)/t25?,29?,30?,31?,32-,33?,36-/m0/s1. The number of benzene rings is 1. The summed E-state index contributed by atoms with van der Waals surface area (Å²) in [4.78, 5) is 37.8. The van der Waals surface area contributed by atoms with Gasteiger partial charge >= 0.3 is 0 Å². The predicted molar refractivity (Wildman–Crippen MR) is 176 cm³/mol. The Bertz CT molecular complexity index is 1430. The number of nitrogens with one attached hydrogen (secondary N) is 1. The smallest absolute Gasteiger partial charge is 0.248 e. The number of amides is 2. The van der Waals surface area contributed by atoms with E-state index in [0.717, 1.165) is 50.9 Å². The summed E-state index contributed by atoms with van der Waals surface area (Å²) in [7, 11) is 0. The van der Waals surface area contributed by atoms with Crippen molar-refractivity contribution in [3.8, 4) is 0 Å². The van der Waals surface area contributed by atoms with Gasteiger partial charge in [-0.15, -0.1) is 0 Å². The van der Waals surface area contributed by atoms with Crippen molar-refractivity contribution in [1.29, 1.82) is 0 Å². The number of fused-ring (bicyclic) bond motifs is 1. The minimum Gasteiger partial charge on any atom is -0.474 e. The van der Waals surface area contributed by atoms with Crippen LogP contribution in [0.2, 0.25) is 0 Å². The van der Waals surface area contributed by atoms with E-state index in [9.17, 15) is 4.79 Å². The molecule has 2 bridgehead atoms. The average Bonchev–Trinajstić information content (AvgIpc) is 3.79. The number of pyridine rings is 1. The van der Waals surface area contributed by atoms with E-state index in [2.05, 4.69) is 54.7 Å². The van der Waals surface area contributed by atoms with Gasteiger partial charge in [0.1, 0.15) is 12.1 Å². The molecule has 4 saturated heterocycles.